The second kappa shape index (κ2) is 5.40. The number of nitrogens with zero attached hydrogens (tertiary/aromatic N) is 1. The van der Waals surface area contributed by atoms with Gasteiger partial charge in [0.1, 0.15) is 0 Å². The standard InChI is InChI=1S/C14H21N3O/c1-10-3-4-13(7-11(10)2)17-9-12(5-6-15)8-16-14(17)18/h3-4,7,12H,5-6,8-9,15H2,1-2H3,(H,16,18). The van der Waals surface area contributed by atoms with E-state index >= 15 is 0 Å². The van der Waals surface area contributed by atoms with E-state index in [1.165, 1.54) is 11.1 Å². The highest BCUT2D eigenvalue weighted by molar-refractivity contribution is 5.92. The number of anilines is 1. The van der Waals surface area contributed by atoms with Crippen LogP contribution in [-0.4, -0.2) is 25.7 Å². The normalized spacial score (nSPS) is 19.8. The van der Waals surface area contributed by atoms with E-state index in [4.69, 9.17) is 5.73 Å². The smallest absolute Gasteiger partial charge is 0.321 e. The average Bonchev–Trinajstić information content (AvgIpc) is 2.35. The first-order valence-electron chi connectivity index (χ1n) is 6.44. The van der Waals surface area contributed by atoms with Crippen molar-refractivity contribution in [2.75, 3.05) is 24.5 Å². The van der Waals surface area contributed by atoms with Gasteiger partial charge in [0.2, 0.25) is 0 Å². The molecular formula is C14H21N3O. The molecule has 0 bridgehead atoms. The number of aryl methyl sites for hydroxylation is 2. The first kappa shape index (κ1) is 12.9. The summed E-state index contributed by atoms with van der Waals surface area (Å²) in [6.45, 7) is 6.30. The van der Waals surface area contributed by atoms with Gasteiger partial charge < -0.3 is 11.1 Å². The predicted molar refractivity (Wildman–Crippen MR) is 73.8 cm³/mol. The molecule has 0 saturated carbocycles. The van der Waals surface area contributed by atoms with Gasteiger partial charge in [0, 0.05) is 18.8 Å². The van der Waals surface area contributed by atoms with E-state index in [0.29, 0.717) is 12.5 Å². The Morgan fingerprint density at radius 3 is 2.83 bits per heavy atom. The van der Waals surface area contributed by atoms with Crippen molar-refractivity contribution in [2.24, 2.45) is 11.7 Å². The molecule has 0 aliphatic carbocycles. The third-order valence-corrected chi connectivity index (χ3v) is 3.60. The summed E-state index contributed by atoms with van der Waals surface area (Å²) in [5.74, 6) is 0.439. The van der Waals surface area contributed by atoms with Gasteiger partial charge in [0.15, 0.2) is 0 Å². The fraction of sp³-hybridized carbons (Fsp3) is 0.500. The maximum Gasteiger partial charge on any atom is 0.321 e. The molecule has 1 aliphatic rings. The highest BCUT2D eigenvalue weighted by Gasteiger charge is 2.25. The summed E-state index contributed by atoms with van der Waals surface area (Å²) in [4.78, 5) is 13.7. The quantitative estimate of drug-likeness (QED) is 0.855. The highest BCUT2D eigenvalue weighted by Crippen LogP contribution is 2.22. The van der Waals surface area contributed by atoms with Crippen molar-refractivity contribution in [3.63, 3.8) is 0 Å². The summed E-state index contributed by atoms with van der Waals surface area (Å²) in [6, 6.07) is 6.13. The van der Waals surface area contributed by atoms with Crippen LogP contribution in [0, 0.1) is 19.8 Å². The largest absolute Gasteiger partial charge is 0.337 e. The number of carbonyl (C=O) groups is 1. The van der Waals surface area contributed by atoms with Crippen molar-refractivity contribution >= 4 is 11.7 Å². The molecule has 3 N–H and O–H groups in total. The molecule has 98 valence electrons. The minimum Gasteiger partial charge on any atom is -0.337 e. The molecule has 4 nitrogen and oxygen atoms in total. The van der Waals surface area contributed by atoms with Crippen LogP contribution in [0.5, 0.6) is 0 Å². The van der Waals surface area contributed by atoms with Crippen molar-refractivity contribution in [3.8, 4) is 0 Å². The highest BCUT2D eigenvalue weighted by atomic mass is 16.2. The molecule has 2 amide bonds. The van der Waals surface area contributed by atoms with Gasteiger partial charge in [-0.05, 0) is 56.0 Å². The SMILES string of the molecule is Cc1ccc(N2CC(CCN)CNC2=O)cc1C. The molecule has 18 heavy (non-hydrogen) atoms. The van der Waals surface area contributed by atoms with Gasteiger partial charge in [-0.15, -0.1) is 0 Å². The lowest BCUT2D eigenvalue weighted by molar-refractivity contribution is 0.236. The maximum atomic E-state index is 11.9. The van der Waals surface area contributed by atoms with Gasteiger partial charge >= 0.3 is 6.03 Å². The molecule has 0 aromatic heterocycles. The van der Waals surface area contributed by atoms with Gasteiger partial charge in [0.05, 0.1) is 0 Å². The first-order chi connectivity index (χ1) is 8.61. The Balaban J connectivity index is 2.18. The minimum atomic E-state index is -0.00785. The molecule has 1 saturated heterocycles. The van der Waals surface area contributed by atoms with Crippen LogP contribution in [0.2, 0.25) is 0 Å². The van der Waals surface area contributed by atoms with E-state index in [2.05, 4.69) is 31.3 Å². The first-order valence-corrected chi connectivity index (χ1v) is 6.44. The molecule has 1 fully saturated rings. The number of urea groups is 1. The molecule has 4 heteroatoms. The van der Waals surface area contributed by atoms with E-state index in [-0.39, 0.29) is 6.03 Å². The number of rotatable bonds is 3. The van der Waals surface area contributed by atoms with Crippen LogP contribution < -0.4 is 16.0 Å². The second-order valence-corrected chi connectivity index (χ2v) is 5.01. The molecule has 2 rings (SSSR count). The van der Waals surface area contributed by atoms with Gasteiger partial charge in [-0.25, -0.2) is 4.79 Å². The van der Waals surface area contributed by atoms with Crippen LogP contribution in [0.25, 0.3) is 0 Å². The van der Waals surface area contributed by atoms with Crippen LogP contribution in [0.3, 0.4) is 0 Å². The number of amides is 2. The Labute approximate surface area is 108 Å². The monoisotopic (exact) mass is 247 g/mol. The average molecular weight is 247 g/mol. The van der Waals surface area contributed by atoms with Gasteiger partial charge in [0.25, 0.3) is 0 Å². The van der Waals surface area contributed by atoms with E-state index in [1.54, 1.807) is 0 Å². The maximum absolute atomic E-state index is 11.9. The number of hydrogen-bond donors (Lipinski definition) is 2. The second-order valence-electron chi connectivity index (χ2n) is 5.01. The van der Waals surface area contributed by atoms with Gasteiger partial charge in [-0.3, -0.25) is 4.90 Å². The Morgan fingerprint density at radius 1 is 1.39 bits per heavy atom. The molecule has 1 aromatic rings. The van der Waals surface area contributed by atoms with E-state index < -0.39 is 0 Å². The molecule has 0 spiro atoms. The number of hydrogen-bond acceptors (Lipinski definition) is 2. The Hall–Kier alpha value is -1.55. The van der Waals surface area contributed by atoms with Crippen molar-refractivity contribution in [1.29, 1.82) is 0 Å². The Kier molecular flexibility index (Phi) is 3.87. The zero-order chi connectivity index (χ0) is 13.1. The lowest BCUT2D eigenvalue weighted by Gasteiger charge is -2.33. The Morgan fingerprint density at radius 2 is 2.17 bits per heavy atom. The van der Waals surface area contributed by atoms with Gasteiger partial charge in [-0.1, -0.05) is 6.07 Å². The lowest BCUT2D eigenvalue weighted by Crippen LogP contribution is -2.51. The fourth-order valence-electron chi connectivity index (χ4n) is 2.28. The molecule has 1 aliphatic heterocycles. The van der Waals surface area contributed by atoms with Gasteiger partial charge in [-0.2, -0.15) is 0 Å². The summed E-state index contributed by atoms with van der Waals surface area (Å²) >= 11 is 0. The van der Waals surface area contributed by atoms with E-state index in [9.17, 15) is 4.79 Å². The predicted octanol–water partition coefficient (Wildman–Crippen LogP) is 1.80. The van der Waals surface area contributed by atoms with Crippen molar-refractivity contribution < 1.29 is 4.79 Å². The minimum absolute atomic E-state index is 0.00785. The topological polar surface area (TPSA) is 58.4 Å². The summed E-state index contributed by atoms with van der Waals surface area (Å²) in [6.07, 6.45) is 0.946. The summed E-state index contributed by atoms with van der Waals surface area (Å²) in [5, 5.41) is 2.93. The summed E-state index contributed by atoms with van der Waals surface area (Å²) in [5.41, 5.74) is 9.02. The fourth-order valence-corrected chi connectivity index (χ4v) is 2.28. The number of nitrogens with one attached hydrogen (secondary N) is 1. The zero-order valence-electron chi connectivity index (χ0n) is 11.1. The van der Waals surface area contributed by atoms with Crippen LogP contribution in [0.1, 0.15) is 17.5 Å². The molecule has 1 heterocycles. The number of benzene rings is 1. The molecule has 1 atom stereocenters. The van der Waals surface area contributed by atoms with E-state index in [0.717, 1.165) is 25.2 Å². The van der Waals surface area contributed by atoms with Crippen LogP contribution in [-0.2, 0) is 0 Å². The van der Waals surface area contributed by atoms with Crippen molar-refractivity contribution in [3.05, 3.63) is 29.3 Å². The van der Waals surface area contributed by atoms with Crippen molar-refractivity contribution in [1.82, 2.24) is 5.32 Å². The number of nitrogens with two attached hydrogens (primary N) is 1. The Bertz CT molecular complexity index is 445. The number of carbonyl (C=O) groups excluding carboxylic acids is 1. The third kappa shape index (κ3) is 2.64. The molecular weight excluding hydrogens is 226 g/mol. The van der Waals surface area contributed by atoms with E-state index in [1.807, 2.05) is 11.0 Å². The van der Waals surface area contributed by atoms with Crippen molar-refractivity contribution in [2.45, 2.75) is 20.3 Å². The van der Waals surface area contributed by atoms with Crippen LogP contribution >= 0.6 is 0 Å². The molecule has 1 unspecified atom stereocenters. The summed E-state index contributed by atoms with van der Waals surface area (Å²) in [7, 11) is 0. The van der Waals surface area contributed by atoms with Crippen LogP contribution in [0.15, 0.2) is 18.2 Å². The molecule has 0 radical (unpaired) electrons. The third-order valence-electron chi connectivity index (χ3n) is 3.60. The zero-order valence-corrected chi connectivity index (χ0v) is 11.1. The lowest BCUT2D eigenvalue weighted by atomic mass is 10.0. The molecule has 1 aromatic carbocycles. The van der Waals surface area contributed by atoms with Crippen LogP contribution in [0.4, 0.5) is 10.5 Å². The summed E-state index contributed by atoms with van der Waals surface area (Å²) < 4.78 is 0.